The fourth-order valence-electron chi connectivity index (χ4n) is 4.20. The van der Waals surface area contributed by atoms with Gasteiger partial charge in [-0.2, -0.15) is 0 Å². The lowest BCUT2D eigenvalue weighted by Crippen LogP contribution is -2.42. The van der Waals surface area contributed by atoms with Gasteiger partial charge in [0.15, 0.2) is 0 Å². The Bertz CT molecular complexity index is 847. The van der Waals surface area contributed by atoms with Crippen molar-refractivity contribution in [2.75, 3.05) is 50.9 Å². The quantitative estimate of drug-likeness (QED) is 0.615. The van der Waals surface area contributed by atoms with Crippen LogP contribution in [0.2, 0.25) is 0 Å². The van der Waals surface area contributed by atoms with Gasteiger partial charge in [-0.3, -0.25) is 4.79 Å². The molecule has 9 nitrogen and oxygen atoms in total. The van der Waals surface area contributed by atoms with Gasteiger partial charge in [-0.15, -0.1) is 0 Å². The molecule has 3 aliphatic heterocycles. The summed E-state index contributed by atoms with van der Waals surface area (Å²) in [5, 5.41) is 13.0. The van der Waals surface area contributed by atoms with Gasteiger partial charge in [0.05, 0.1) is 25.4 Å². The maximum atomic E-state index is 12.5. The molecule has 0 radical (unpaired) electrons. The van der Waals surface area contributed by atoms with E-state index < -0.39 is 18.2 Å². The van der Waals surface area contributed by atoms with E-state index in [1.54, 1.807) is 11.2 Å². The fourth-order valence-corrected chi connectivity index (χ4v) is 4.20. The summed E-state index contributed by atoms with van der Waals surface area (Å²) in [7, 11) is 0. The molecule has 2 N–H and O–H groups in total. The lowest BCUT2D eigenvalue weighted by Gasteiger charge is -2.15. The van der Waals surface area contributed by atoms with E-state index in [1.165, 1.54) is 12.8 Å². The van der Waals surface area contributed by atoms with Crippen LogP contribution in [0.4, 0.5) is 10.5 Å². The number of aliphatic hydroxyl groups excluding tert-OH is 1. The Labute approximate surface area is 188 Å². The predicted molar refractivity (Wildman–Crippen MR) is 116 cm³/mol. The van der Waals surface area contributed by atoms with Crippen molar-refractivity contribution in [1.29, 1.82) is 0 Å². The molecule has 3 unspecified atom stereocenters. The summed E-state index contributed by atoms with van der Waals surface area (Å²) in [6.45, 7) is 4.43. The van der Waals surface area contributed by atoms with Crippen molar-refractivity contribution in [3.05, 3.63) is 18.1 Å². The Kier molecular flexibility index (Phi) is 7.55. The number of hydrogen-bond acceptors (Lipinski definition) is 7. The third-order valence-corrected chi connectivity index (χ3v) is 6.16. The highest BCUT2D eigenvalue weighted by Gasteiger charge is 2.32. The standard InChI is InChI=1S/C23H31N3O6/c27-20(21-13-18(16-31-21)25-8-3-4-9-25)5-1-2-10-26-11-6-19(22(26)28)24-23(29)32-15-17-7-12-30-14-17/h13,16-17,19-20,27H,3-12,14-15H2,(H,24,29). The van der Waals surface area contributed by atoms with E-state index >= 15 is 0 Å². The van der Waals surface area contributed by atoms with Gasteiger partial charge in [0.1, 0.15) is 24.2 Å². The zero-order valence-electron chi connectivity index (χ0n) is 18.3. The summed E-state index contributed by atoms with van der Waals surface area (Å²) in [4.78, 5) is 28.3. The first-order chi connectivity index (χ1) is 15.6. The van der Waals surface area contributed by atoms with Crippen molar-refractivity contribution < 1.29 is 28.6 Å². The minimum atomic E-state index is -0.803. The summed E-state index contributed by atoms with van der Waals surface area (Å²) in [6.07, 6.45) is 4.30. The van der Waals surface area contributed by atoms with Gasteiger partial charge in [-0.05, 0) is 25.7 Å². The lowest BCUT2D eigenvalue weighted by molar-refractivity contribution is -0.128. The highest BCUT2D eigenvalue weighted by molar-refractivity contribution is 5.87. The Balaban J connectivity index is 1.17. The summed E-state index contributed by atoms with van der Waals surface area (Å²) in [5.74, 6) is 6.44. The fraction of sp³-hybridized carbons (Fsp3) is 0.652. The second kappa shape index (κ2) is 10.7. The number of nitrogens with one attached hydrogen (secondary N) is 1. The van der Waals surface area contributed by atoms with Crippen molar-refractivity contribution in [2.45, 2.75) is 44.2 Å². The van der Waals surface area contributed by atoms with Crippen LogP contribution in [0.25, 0.3) is 0 Å². The number of hydrogen-bond donors (Lipinski definition) is 2. The monoisotopic (exact) mass is 445 g/mol. The maximum Gasteiger partial charge on any atom is 0.407 e. The van der Waals surface area contributed by atoms with Crippen LogP contribution >= 0.6 is 0 Å². The molecule has 0 aliphatic carbocycles. The minimum absolute atomic E-state index is 0.165. The normalized spacial score (nSPS) is 23.8. The molecule has 1 aromatic heterocycles. The van der Waals surface area contributed by atoms with E-state index in [0.29, 0.717) is 38.5 Å². The highest BCUT2D eigenvalue weighted by Crippen LogP contribution is 2.27. The topological polar surface area (TPSA) is 104 Å². The van der Waals surface area contributed by atoms with Gasteiger partial charge in [0, 0.05) is 44.6 Å². The van der Waals surface area contributed by atoms with E-state index in [1.807, 2.05) is 6.07 Å². The molecule has 1 aromatic rings. The molecule has 0 spiro atoms. The number of likely N-dealkylation sites (tertiary alicyclic amines) is 1. The molecule has 4 rings (SSSR count). The van der Waals surface area contributed by atoms with Gasteiger partial charge >= 0.3 is 6.09 Å². The van der Waals surface area contributed by atoms with Gasteiger partial charge in [-0.25, -0.2) is 4.79 Å². The number of carbonyl (C=O) groups is 2. The van der Waals surface area contributed by atoms with Crippen molar-refractivity contribution >= 4 is 17.7 Å². The van der Waals surface area contributed by atoms with E-state index in [9.17, 15) is 14.7 Å². The lowest BCUT2D eigenvalue weighted by atomic mass is 10.1. The number of ether oxygens (including phenoxy) is 2. The largest absolute Gasteiger partial charge is 0.464 e. The van der Waals surface area contributed by atoms with Crippen LogP contribution in [0.3, 0.4) is 0 Å². The zero-order valence-corrected chi connectivity index (χ0v) is 18.3. The molecule has 3 fully saturated rings. The van der Waals surface area contributed by atoms with Gasteiger partial charge in [0.25, 0.3) is 0 Å². The zero-order chi connectivity index (χ0) is 22.3. The molecule has 3 aliphatic rings. The molecule has 0 bridgehead atoms. The number of aliphatic hydroxyl groups is 1. The van der Waals surface area contributed by atoms with Crippen LogP contribution < -0.4 is 10.2 Å². The summed E-state index contributed by atoms with van der Waals surface area (Å²) in [5.41, 5.74) is 1.00. The van der Waals surface area contributed by atoms with Gasteiger partial charge < -0.3 is 34.1 Å². The van der Waals surface area contributed by atoms with E-state index in [2.05, 4.69) is 22.1 Å². The molecule has 0 saturated carbocycles. The van der Waals surface area contributed by atoms with Crippen LogP contribution in [0, 0.1) is 17.8 Å². The molecule has 0 aromatic carbocycles. The number of nitrogens with zero attached hydrogens (tertiary/aromatic N) is 2. The first-order valence-electron chi connectivity index (χ1n) is 11.4. The second-order valence-electron chi connectivity index (χ2n) is 8.55. The first-order valence-corrected chi connectivity index (χ1v) is 11.4. The van der Waals surface area contributed by atoms with Crippen LogP contribution in [0.15, 0.2) is 16.7 Å². The minimum Gasteiger partial charge on any atom is -0.464 e. The Morgan fingerprint density at radius 1 is 1.28 bits per heavy atom. The van der Waals surface area contributed by atoms with E-state index in [-0.39, 0.29) is 24.8 Å². The van der Waals surface area contributed by atoms with Crippen LogP contribution in [-0.2, 0) is 14.3 Å². The summed E-state index contributed by atoms with van der Waals surface area (Å²) < 4.78 is 16.0. The molecule has 4 heterocycles. The van der Waals surface area contributed by atoms with Crippen molar-refractivity contribution in [1.82, 2.24) is 10.2 Å². The number of carbonyl (C=O) groups excluding carboxylic acids is 2. The maximum absolute atomic E-state index is 12.5. The smallest absolute Gasteiger partial charge is 0.407 e. The summed E-state index contributed by atoms with van der Waals surface area (Å²) >= 11 is 0. The number of rotatable bonds is 7. The molecule has 3 atom stereocenters. The van der Waals surface area contributed by atoms with Crippen molar-refractivity contribution in [3.63, 3.8) is 0 Å². The van der Waals surface area contributed by atoms with Crippen LogP contribution in [0.5, 0.6) is 0 Å². The van der Waals surface area contributed by atoms with Gasteiger partial charge in [0.2, 0.25) is 5.91 Å². The molecule has 32 heavy (non-hydrogen) atoms. The Morgan fingerprint density at radius 2 is 2.12 bits per heavy atom. The number of furan rings is 1. The van der Waals surface area contributed by atoms with E-state index in [4.69, 9.17) is 13.9 Å². The van der Waals surface area contributed by atoms with Crippen molar-refractivity contribution in [3.8, 4) is 11.8 Å². The van der Waals surface area contributed by atoms with Crippen molar-refractivity contribution in [2.24, 2.45) is 5.92 Å². The predicted octanol–water partition coefficient (Wildman–Crippen LogP) is 1.67. The third kappa shape index (κ3) is 5.75. The average Bonchev–Trinajstić information content (AvgIpc) is 3.59. The number of anilines is 1. The third-order valence-electron chi connectivity index (χ3n) is 6.16. The molecule has 174 valence electrons. The molecular weight excluding hydrogens is 414 g/mol. The Hall–Kier alpha value is -2.70. The average molecular weight is 446 g/mol. The van der Waals surface area contributed by atoms with E-state index in [0.717, 1.165) is 25.2 Å². The summed E-state index contributed by atoms with van der Waals surface area (Å²) in [6, 6.07) is 1.29. The Morgan fingerprint density at radius 3 is 2.91 bits per heavy atom. The van der Waals surface area contributed by atoms with Crippen LogP contribution in [0.1, 0.15) is 44.0 Å². The first kappa shape index (κ1) is 22.5. The molecule has 2 amide bonds. The number of amides is 2. The number of alkyl carbamates (subject to hydrolysis) is 1. The van der Waals surface area contributed by atoms with Crippen LogP contribution in [-0.4, -0.2) is 74.0 Å². The molecular formula is C23H31N3O6. The SMILES string of the molecule is O=C(NC1CCN(CC#CCC(O)c2cc(N3CCCC3)co2)C1=O)OCC1CCOC1. The highest BCUT2D eigenvalue weighted by atomic mass is 16.6. The molecule has 3 saturated heterocycles. The second-order valence-corrected chi connectivity index (χ2v) is 8.55. The molecule has 9 heteroatoms. The van der Waals surface area contributed by atoms with Gasteiger partial charge in [-0.1, -0.05) is 11.8 Å².